The number of aromatic nitrogens is 3. The summed E-state index contributed by atoms with van der Waals surface area (Å²) < 4.78 is 30.5. The molecule has 0 saturated carbocycles. The van der Waals surface area contributed by atoms with Crippen LogP contribution in [0.25, 0.3) is 5.69 Å². The molecule has 1 aliphatic rings. The number of nitrogens with zero attached hydrogens (tertiary/aromatic N) is 4. The van der Waals surface area contributed by atoms with Crippen LogP contribution in [0.4, 0.5) is 5.82 Å². The normalized spacial score (nSPS) is 15.7. The molecule has 3 aromatic heterocycles. The van der Waals surface area contributed by atoms with E-state index in [9.17, 15) is 18.0 Å². The van der Waals surface area contributed by atoms with E-state index in [4.69, 9.17) is 16.3 Å². The number of pyridine rings is 3. The van der Waals surface area contributed by atoms with Crippen LogP contribution in [0.3, 0.4) is 0 Å². The van der Waals surface area contributed by atoms with Gasteiger partial charge in [0, 0.05) is 50.9 Å². The number of nitrogens with one attached hydrogen (secondary N) is 1. The van der Waals surface area contributed by atoms with Crippen molar-refractivity contribution in [2.75, 3.05) is 37.3 Å². The van der Waals surface area contributed by atoms with Gasteiger partial charge in [0.15, 0.2) is 9.84 Å². The van der Waals surface area contributed by atoms with Crippen molar-refractivity contribution in [2.24, 2.45) is 0 Å². The lowest BCUT2D eigenvalue weighted by atomic mass is 10.3. The number of halogens is 1. The third-order valence-electron chi connectivity index (χ3n) is 5.99. The molecule has 186 valence electrons. The van der Waals surface area contributed by atoms with Crippen LogP contribution in [-0.2, 0) is 16.4 Å². The molecule has 0 aromatic carbocycles. The second kappa shape index (κ2) is 10.2. The summed E-state index contributed by atoms with van der Waals surface area (Å²) in [6.07, 6.45) is 4.24. The van der Waals surface area contributed by atoms with Crippen LogP contribution in [0.2, 0.25) is 5.02 Å². The minimum Gasteiger partial charge on any atom is -0.487 e. The molecule has 1 N–H and O–H groups in total. The highest BCUT2D eigenvalue weighted by Crippen LogP contribution is 2.17. The fourth-order valence-corrected chi connectivity index (χ4v) is 4.69. The molecule has 10 nitrogen and oxygen atoms in total. The lowest BCUT2D eigenvalue weighted by molar-refractivity contribution is 0.243. The Morgan fingerprint density at radius 2 is 1.86 bits per heavy atom. The van der Waals surface area contributed by atoms with Gasteiger partial charge in [-0.2, -0.15) is 0 Å². The van der Waals surface area contributed by atoms with E-state index in [1.165, 1.54) is 29.3 Å². The molecule has 1 unspecified atom stereocenters. The van der Waals surface area contributed by atoms with Crippen LogP contribution >= 0.6 is 11.6 Å². The summed E-state index contributed by atoms with van der Waals surface area (Å²) in [5.74, 6) is 0.978. The molecule has 0 radical (unpaired) electrons. The number of sulfone groups is 1. The molecule has 3 aromatic rings. The zero-order valence-electron chi connectivity index (χ0n) is 19.3. The van der Waals surface area contributed by atoms with Gasteiger partial charge in [0.1, 0.15) is 29.2 Å². The van der Waals surface area contributed by atoms with Crippen LogP contribution in [-0.4, -0.2) is 65.7 Å². The standard InChI is InChI=1S/C23H26ClN5O5S/c1-16(35(2,32)33)27-9-11-28(12-10-27)21-6-5-20(23(31)26-21)29-8-7-19(13-22(29)30)34-15-18-4-3-17(24)14-25-18/h3-8,13-14,16H,9-12,15H2,1-2H3,(H,26,31). The van der Waals surface area contributed by atoms with E-state index in [2.05, 4.69) is 9.97 Å². The molecule has 1 fully saturated rings. The number of ether oxygens (including phenoxy) is 1. The first-order valence-electron chi connectivity index (χ1n) is 11.0. The second-order valence-electron chi connectivity index (χ2n) is 8.34. The van der Waals surface area contributed by atoms with Crippen molar-refractivity contribution in [1.82, 2.24) is 19.4 Å². The Bertz CT molecular complexity index is 1410. The molecular formula is C23H26ClN5O5S. The van der Waals surface area contributed by atoms with E-state index >= 15 is 0 Å². The van der Waals surface area contributed by atoms with Crippen LogP contribution in [0, 0.1) is 0 Å². The Balaban J connectivity index is 1.43. The van der Waals surface area contributed by atoms with E-state index in [-0.39, 0.29) is 12.3 Å². The molecular weight excluding hydrogens is 494 g/mol. The lowest BCUT2D eigenvalue weighted by Gasteiger charge is -2.38. The summed E-state index contributed by atoms with van der Waals surface area (Å²) in [7, 11) is -3.15. The first-order valence-corrected chi connectivity index (χ1v) is 13.3. The number of hydrogen-bond acceptors (Lipinski definition) is 8. The predicted octanol–water partition coefficient (Wildman–Crippen LogP) is 1.67. The summed E-state index contributed by atoms with van der Waals surface area (Å²) in [5, 5.41) is -0.0243. The van der Waals surface area contributed by atoms with E-state index in [1.54, 1.807) is 37.3 Å². The molecule has 1 saturated heterocycles. The number of aromatic amines is 1. The minimum atomic E-state index is -3.15. The third-order valence-corrected chi connectivity index (χ3v) is 7.75. The molecule has 35 heavy (non-hydrogen) atoms. The maximum absolute atomic E-state index is 12.8. The van der Waals surface area contributed by atoms with Crippen LogP contribution < -0.4 is 20.8 Å². The highest BCUT2D eigenvalue weighted by molar-refractivity contribution is 7.91. The largest absolute Gasteiger partial charge is 0.487 e. The molecule has 0 spiro atoms. The zero-order valence-corrected chi connectivity index (χ0v) is 20.9. The Kier molecular flexibility index (Phi) is 7.29. The van der Waals surface area contributed by atoms with Crippen molar-refractivity contribution in [1.29, 1.82) is 0 Å². The number of rotatable bonds is 7. The van der Waals surface area contributed by atoms with E-state index in [1.807, 2.05) is 9.80 Å². The summed E-state index contributed by atoms with van der Waals surface area (Å²) in [5.41, 5.74) is 0.0370. The van der Waals surface area contributed by atoms with Gasteiger partial charge in [-0.3, -0.25) is 24.0 Å². The second-order valence-corrected chi connectivity index (χ2v) is 11.1. The van der Waals surface area contributed by atoms with Crippen molar-refractivity contribution in [3.8, 4) is 11.4 Å². The monoisotopic (exact) mass is 519 g/mol. The molecule has 1 atom stereocenters. The molecule has 4 rings (SSSR count). The van der Waals surface area contributed by atoms with Gasteiger partial charge >= 0.3 is 0 Å². The van der Waals surface area contributed by atoms with Crippen molar-refractivity contribution in [3.63, 3.8) is 0 Å². The Morgan fingerprint density at radius 3 is 2.46 bits per heavy atom. The maximum Gasteiger partial charge on any atom is 0.273 e. The Morgan fingerprint density at radius 1 is 1.11 bits per heavy atom. The minimum absolute atomic E-state index is 0.173. The number of piperazine rings is 1. The summed E-state index contributed by atoms with van der Waals surface area (Å²) in [4.78, 5) is 36.3. The lowest BCUT2D eigenvalue weighted by Crippen LogP contribution is -2.51. The molecule has 1 aliphatic heterocycles. The first-order chi connectivity index (χ1) is 16.6. The smallest absolute Gasteiger partial charge is 0.273 e. The van der Waals surface area contributed by atoms with Gasteiger partial charge in [0.05, 0.1) is 10.7 Å². The van der Waals surface area contributed by atoms with E-state index < -0.39 is 26.3 Å². The summed E-state index contributed by atoms with van der Waals surface area (Å²) in [6, 6.07) is 9.70. The van der Waals surface area contributed by atoms with Crippen molar-refractivity contribution < 1.29 is 13.2 Å². The molecule has 4 heterocycles. The van der Waals surface area contributed by atoms with Crippen LogP contribution in [0.15, 0.2) is 58.4 Å². The average molecular weight is 520 g/mol. The van der Waals surface area contributed by atoms with Gasteiger partial charge in [-0.25, -0.2) is 8.42 Å². The zero-order chi connectivity index (χ0) is 25.2. The van der Waals surface area contributed by atoms with Crippen molar-refractivity contribution >= 4 is 27.3 Å². The van der Waals surface area contributed by atoms with Gasteiger partial charge in [-0.05, 0) is 37.3 Å². The Hall–Kier alpha value is -3.15. The highest BCUT2D eigenvalue weighted by Gasteiger charge is 2.27. The molecule has 0 bridgehead atoms. The third kappa shape index (κ3) is 5.92. The van der Waals surface area contributed by atoms with Gasteiger partial charge in [-0.15, -0.1) is 0 Å². The summed E-state index contributed by atoms with van der Waals surface area (Å²) >= 11 is 5.82. The average Bonchev–Trinajstić information content (AvgIpc) is 2.83. The van der Waals surface area contributed by atoms with E-state index in [0.717, 1.165) is 0 Å². The number of H-pyrrole nitrogens is 1. The SMILES string of the molecule is CC(N1CCN(c2ccc(-n3ccc(OCc4ccc(Cl)cn4)cc3=O)c(=O)[nH]2)CC1)S(C)(=O)=O. The van der Waals surface area contributed by atoms with E-state index in [0.29, 0.717) is 48.5 Å². The van der Waals surface area contributed by atoms with Gasteiger partial charge in [0.25, 0.3) is 11.1 Å². The topological polar surface area (TPSA) is 118 Å². The molecule has 0 aliphatic carbocycles. The van der Waals surface area contributed by atoms with Gasteiger partial charge in [0.2, 0.25) is 0 Å². The molecule has 0 amide bonds. The maximum atomic E-state index is 12.8. The predicted molar refractivity (Wildman–Crippen MR) is 134 cm³/mol. The van der Waals surface area contributed by atoms with Crippen LogP contribution in [0.5, 0.6) is 5.75 Å². The fraction of sp³-hybridized carbons (Fsp3) is 0.348. The Labute approximate surface area is 207 Å². The quantitative estimate of drug-likeness (QED) is 0.501. The number of anilines is 1. The highest BCUT2D eigenvalue weighted by atomic mass is 35.5. The first kappa shape index (κ1) is 25.0. The van der Waals surface area contributed by atoms with Crippen molar-refractivity contribution in [2.45, 2.75) is 18.9 Å². The number of hydrogen-bond donors (Lipinski definition) is 1. The van der Waals surface area contributed by atoms with Crippen LogP contribution in [0.1, 0.15) is 12.6 Å². The van der Waals surface area contributed by atoms with Gasteiger partial charge < -0.3 is 14.6 Å². The fourth-order valence-electron chi connectivity index (χ4n) is 3.83. The molecule has 12 heteroatoms. The van der Waals surface area contributed by atoms with Gasteiger partial charge in [-0.1, -0.05) is 11.6 Å². The summed E-state index contributed by atoms with van der Waals surface area (Å²) in [6.45, 7) is 4.12. The van der Waals surface area contributed by atoms with Crippen molar-refractivity contribution in [3.05, 3.63) is 80.2 Å².